The number of amides is 1. The van der Waals surface area contributed by atoms with Crippen LogP contribution in [0.2, 0.25) is 0 Å². The summed E-state index contributed by atoms with van der Waals surface area (Å²) in [5.41, 5.74) is 7.27. The first-order valence-corrected chi connectivity index (χ1v) is 7.34. The topological polar surface area (TPSA) is 79.6 Å². The van der Waals surface area contributed by atoms with Crippen LogP contribution in [0.3, 0.4) is 0 Å². The quantitative estimate of drug-likeness (QED) is 0.583. The molecule has 6 nitrogen and oxygen atoms in total. The number of likely N-dealkylation sites (tertiary alicyclic amines) is 1. The van der Waals surface area contributed by atoms with Crippen LogP contribution in [0, 0.1) is 0 Å². The summed E-state index contributed by atoms with van der Waals surface area (Å²) in [7, 11) is 0. The van der Waals surface area contributed by atoms with Gasteiger partial charge in [-0.25, -0.2) is 4.79 Å². The zero-order valence-electron chi connectivity index (χ0n) is 12.0. The molecule has 0 spiro atoms. The molecule has 114 valence electrons. The molecule has 1 atom stereocenters. The molecule has 1 aliphatic heterocycles. The molecule has 0 aliphatic carbocycles. The van der Waals surface area contributed by atoms with E-state index < -0.39 is 0 Å². The fourth-order valence-electron chi connectivity index (χ4n) is 2.21. The van der Waals surface area contributed by atoms with Crippen LogP contribution in [0.4, 0.5) is 16.2 Å². The monoisotopic (exact) mass is 308 g/mol. The minimum Gasteiger partial charge on any atom is -0.450 e. The molecule has 1 amide bonds. The Kier molecular flexibility index (Phi) is 5.21. The number of nitrogens with zero attached hydrogens (tertiary/aromatic N) is 1. The summed E-state index contributed by atoms with van der Waals surface area (Å²) in [6, 6.07) is 7.55. The number of rotatable bonds is 3. The van der Waals surface area contributed by atoms with E-state index in [-0.39, 0.29) is 12.1 Å². The van der Waals surface area contributed by atoms with Gasteiger partial charge < -0.3 is 26.0 Å². The Hall–Kier alpha value is -2.02. The number of anilines is 2. The third-order valence-electron chi connectivity index (χ3n) is 3.26. The number of nitrogens with two attached hydrogens (primary N) is 1. The summed E-state index contributed by atoms with van der Waals surface area (Å²) >= 11 is 5.28. The normalized spacial score (nSPS) is 17.4. The maximum absolute atomic E-state index is 11.6. The number of nitrogen functional groups attached to an aromatic ring is 1. The van der Waals surface area contributed by atoms with E-state index in [2.05, 4.69) is 10.6 Å². The first-order chi connectivity index (χ1) is 10.1. The average molecular weight is 308 g/mol. The lowest BCUT2D eigenvalue weighted by molar-refractivity contribution is 0.115. The van der Waals surface area contributed by atoms with E-state index in [1.807, 2.05) is 24.3 Å². The first kappa shape index (κ1) is 15.4. The fourth-order valence-corrected chi connectivity index (χ4v) is 2.49. The summed E-state index contributed by atoms with van der Waals surface area (Å²) < 4.78 is 4.98. The van der Waals surface area contributed by atoms with Gasteiger partial charge >= 0.3 is 6.09 Å². The summed E-state index contributed by atoms with van der Waals surface area (Å²) in [5, 5.41) is 6.77. The van der Waals surface area contributed by atoms with Gasteiger partial charge in [-0.3, -0.25) is 0 Å². The molecule has 1 saturated heterocycles. The molecule has 1 heterocycles. The highest BCUT2D eigenvalue weighted by molar-refractivity contribution is 7.80. The molecule has 0 saturated carbocycles. The van der Waals surface area contributed by atoms with Gasteiger partial charge in [0.25, 0.3) is 0 Å². The smallest absolute Gasteiger partial charge is 0.409 e. The van der Waals surface area contributed by atoms with Crippen molar-refractivity contribution in [2.45, 2.75) is 19.4 Å². The van der Waals surface area contributed by atoms with Gasteiger partial charge in [-0.05, 0) is 37.7 Å². The molecule has 1 fully saturated rings. The van der Waals surface area contributed by atoms with Gasteiger partial charge in [-0.1, -0.05) is 12.1 Å². The van der Waals surface area contributed by atoms with E-state index in [1.54, 1.807) is 11.8 Å². The van der Waals surface area contributed by atoms with Crippen LogP contribution >= 0.6 is 12.2 Å². The Labute approximate surface area is 129 Å². The van der Waals surface area contributed by atoms with Gasteiger partial charge in [-0.2, -0.15) is 0 Å². The Morgan fingerprint density at radius 3 is 3.00 bits per heavy atom. The molecule has 1 aromatic rings. The van der Waals surface area contributed by atoms with Crippen LogP contribution in [0.1, 0.15) is 13.3 Å². The Balaban J connectivity index is 1.82. The van der Waals surface area contributed by atoms with Gasteiger partial charge in [-0.15, -0.1) is 0 Å². The number of hydrogen-bond acceptors (Lipinski definition) is 4. The van der Waals surface area contributed by atoms with Crippen molar-refractivity contribution in [3.8, 4) is 0 Å². The third-order valence-corrected chi connectivity index (χ3v) is 3.48. The van der Waals surface area contributed by atoms with Crippen LogP contribution in [0.15, 0.2) is 24.3 Å². The molecule has 4 N–H and O–H groups in total. The van der Waals surface area contributed by atoms with E-state index in [9.17, 15) is 4.79 Å². The van der Waals surface area contributed by atoms with Gasteiger partial charge in [0, 0.05) is 19.1 Å². The number of ether oxygens (including phenoxy) is 1. The number of thiocarbonyl (C=S) groups is 1. The summed E-state index contributed by atoms with van der Waals surface area (Å²) in [4.78, 5) is 13.3. The largest absolute Gasteiger partial charge is 0.450 e. The molecule has 21 heavy (non-hydrogen) atoms. The predicted octanol–water partition coefficient (Wildman–Crippen LogP) is 1.79. The zero-order valence-corrected chi connectivity index (χ0v) is 12.8. The van der Waals surface area contributed by atoms with Crippen LogP contribution in [-0.4, -0.2) is 41.8 Å². The zero-order chi connectivity index (χ0) is 15.2. The van der Waals surface area contributed by atoms with Gasteiger partial charge in [0.15, 0.2) is 5.11 Å². The first-order valence-electron chi connectivity index (χ1n) is 6.94. The lowest BCUT2D eigenvalue weighted by atomic mass is 10.2. The van der Waals surface area contributed by atoms with E-state index in [0.717, 1.165) is 12.1 Å². The molecule has 7 heteroatoms. The maximum atomic E-state index is 11.6. The van der Waals surface area contributed by atoms with Crippen molar-refractivity contribution in [2.24, 2.45) is 0 Å². The predicted molar refractivity (Wildman–Crippen MR) is 87.2 cm³/mol. The van der Waals surface area contributed by atoms with Crippen LogP contribution in [0.5, 0.6) is 0 Å². The summed E-state index contributed by atoms with van der Waals surface area (Å²) in [5.74, 6) is 0. The molecule has 2 rings (SSSR count). The average Bonchev–Trinajstić information content (AvgIpc) is 2.90. The molecule has 0 radical (unpaired) electrons. The molecule has 1 aromatic carbocycles. The lowest BCUT2D eigenvalue weighted by Gasteiger charge is -2.18. The Bertz CT molecular complexity index is 523. The van der Waals surface area contributed by atoms with Crippen LogP contribution in [0.25, 0.3) is 0 Å². The molecule has 1 unspecified atom stereocenters. The van der Waals surface area contributed by atoms with Crippen molar-refractivity contribution in [3.63, 3.8) is 0 Å². The third kappa shape index (κ3) is 4.22. The van der Waals surface area contributed by atoms with Gasteiger partial charge in [0.1, 0.15) is 0 Å². The second-order valence-electron chi connectivity index (χ2n) is 4.82. The van der Waals surface area contributed by atoms with Crippen LogP contribution in [-0.2, 0) is 4.74 Å². The molecule has 0 bridgehead atoms. The van der Waals surface area contributed by atoms with Crippen molar-refractivity contribution in [3.05, 3.63) is 24.3 Å². The molecule has 0 aromatic heterocycles. The fraction of sp³-hybridized carbons (Fsp3) is 0.429. The number of hydrogen-bond donors (Lipinski definition) is 3. The van der Waals surface area contributed by atoms with Crippen LogP contribution < -0.4 is 16.4 Å². The number of nitrogens with one attached hydrogen (secondary N) is 2. The second-order valence-corrected chi connectivity index (χ2v) is 5.22. The van der Waals surface area contributed by atoms with Crippen molar-refractivity contribution in [2.75, 3.05) is 30.7 Å². The maximum Gasteiger partial charge on any atom is 0.409 e. The standard InChI is InChI=1S/C14H20N4O2S/c1-2-20-14(19)18-8-7-10(9-18)16-13(21)17-12-6-4-3-5-11(12)15/h3-6,10H,2,7-9,15H2,1H3,(H2,16,17,21). The van der Waals surface area contributed by atoms with Crippen molar-refractivity contribution in [1.29, 1.82) is 0 Å². The Morgan fingerprint density at radius 2 is 2.29 bits per heavy atom. The van der Waals surface area contributed by atoms with Gasteiger partial charge in [0.2, 0.25) is 0 Å². The lowest BCUT2D eigenvalue weighted by Crippen LogP contribution is -2.40. The number of para-hydroxylation sites is 2. The highest BCUT2D eigenvalue weighted by Crippen LogP contribution is 2.17. The summed E-state index contributed by atoms with van der Waals surface area (Å²) in [6.45, 7) is 3.45. The minimum absolute atomic E-state index is 0.124. The molecular weight excluding hydrogens is 288 g/mol. The molecular formula is C14H20N4O2S. The SMILES string of the molecule is CCOC(=O)N1CCC(NC(=S)Nc2ccccc2N)C1. The number of benzene rings is 1. The second kappa shape index (κ2) is 7.12. The minimum atomic E-state index is -0.270. The number of carbonyl (C=O) groups excluding carboxylic acids is 1. The van der Waals surface area contributed by atoms with Crippen molar-refractivity contribution < 1.29 is 9.53 Å². The molecule has 1 aliphatic rings. The van der Waals surface area contributed by atoms with Crippen molar-refractivity contribution >= 4 is 34.8 Å². The van der Waals surface area contributed by atoms with E-state index in [1.165, 1.54) is 0 Å². The van der Waals surface area contributed by atoms with E-state index >= 15 is 0 Å². The highest BCUT2D eigenvalue weighted by Gasteiger charge is 2.27. The highest BCUT2D eigenvalue weighted by atomic mass is 32.1. The van der Waals surface area contributed by atoms with Crippen molar-refractivity contribution in [1.82, 2.24) is 10.2 Å². The number of carbonyl (C=O) groups is 1. The van der Waals surface area contributed by atoms with Gasteiger partial charge in [0.05, 0.1) is 18.0 Å². The Morgan fingerprint density at radius 1 is 1.52 bits per heavy atom. The van der Waals surface area contributed by atoms with E-state index in [0.29, 0.717) is 30.5 Å². The summed E-state index contributed by atoms with van der Waals surface area (Å²) in [6.07, 6.45) is 0.568. The van der Waals surface area contributed by atoms with E-state index in [4.69, 9.17) is 22.7 Å².